The highest BCUT2D eigenvalue weighted by Gasteiger charge is 2.03. The van der Waals surface area contributed by atoms with Gasteiger partial charge >= 0.3 is 0 Å². The molecule has 18 heavy (non-hydrogen) atoms. The summed E-state index contributed by atoms with van der Waals surface area (Å²) in [5.74, 6) is 1.21. The van der Waals surface area contributed by atoms with Crippen LogP contribution in [0.3, 0.4) is 0 Å². The Labute approximate surface area is 105 Å². The molecule has 0 amide bonds. The van der Waals surface area contributed by atoms with E-state index in [1.165, 1.54) is 11.2 Å². The van der Waals surface area contributed by atoms with Gasteiger partial charge in [0.2, 0.25) is 0 Å². The number of aromatic nitrogens is 3. The molecule has 0 aliphatic rings. The zero-order valence-electron chi connectivity index (χ0n) is 9.91. The highest BCUT2D eigenvalue weighted by atomic mass is 15.2. The van der Waals surface area contributed by atoms with Crippen LogP contribution in [0.4, 0.5) is 11.6 Å². The Kier molecular flexibility index (Phi) is 3.66. The van der Waals surface area contributed by atoms with Crippen molar-refractivity contribution in [2.45, 2.75) is 6.54 Å². The van der Waals surface area contributed by atoms with Gasteiger partial charge in [-0.25, -0.2) is 9.97 Å². The number of hydrogen-bond acceptors (Lipinski definition) is 6. The second-order valence-electron chi connectivity index (χ2n) is 3.60. The van der Waals surface area contributed by atoms with Gasteiger partial charge in [0.15, 0.2) is 6.19 Å². The van der Waals surface area contributed by atoms with Crippen molar-refractivity contribution in [2.24, 2.45) is 0 Å². The van der Waals surface area contributed by atoms with Gasteiger partial charge in [-0.3, -0.25) is 9.88 Å². The molecule has 6 heteroatoms. The number of rotatable bonds is 4. The summed E-state index contributed by atoms with van der Waals surface area (Å²) in [4.78, 5) is 13.7. The fourth-order valence-corrected chi connectivity index (χ4v) is 1.36. The minimum absolute atomic E-state index is 0.552. The normalized spacial score (nSPS) is 9.56. The van der Waals surface area contributed by atoms with Crippen LogP contribution in [0.25, 0.3) is 0 Å². The molecule has 0 atom stereocenters. The molecule has 0 aliphatic heterocycles. The molecule has 1 N–H and O–H groups in total. The third kappa shape index (κ3) is 2.92. The van der Waals surface area contributed by atoms with Crippen molar-refractivity contribution >= 4 is 11.6 Å². The minimum atomic E-state index is 0.552. The Balaban J connectivity index is 2.04. The summed E-state index contributed by atoms with van der Waals surface area (Å²) in [6.45, 7) is 0.577. The number of pyridine rings is 1. The van der Waals surface area contributed by atoms with E-state index in [2.05, 4.69) is 20.3 Å². The Morgan fingerprint density at radius 3 is 2.94 bits per heavy atom. The van der Waals surface area contributed by atoms with Crippen LogP contribution in [0.1, 0.15) is 5.69 Å². The summed E-state index contributed by atoms with van der Waals surface area (Å²) < 4.78 is 0. The SMILES string of the molecule is CN(C#N)c1cc(NCc2ccccn2)ncn1. The van der Waals surface area contributed by atoms with Gasteiger partial charge in [-0.2, -0.15) is 5.26 Å². The summed E-state index contributed by atoms with van der Waals surface area (Å²) in [5.41, 5.74) is 0.923. The summed E-state index contributed by atoms with van der Waals surface area (Å²) >= 11 is 0. The molecule has 0 spiro atoms. The highest BCUT2D eigenvalue weighted by Crippen LogP contribution is 2.12. The van der Waals surface area contributed by atoms with Crippen molar-refractivity contribution in [3.63, 3.8) is 0 Å². The van der Waals surface area contributed by atoms with E-state index >= 15 is 0 Å². The molecule has 0 fully saturated rings. The van der Waals surface area contributed by atoms with Crippen LogP contribution >= 0.6 is 0 Å². The molecule has 0 bridgehead atoms. The van der Waals surface area contributed by atoms with Crippen LogP contribution < -0.4 is 10.2 Å². The first-order chi connectivity index (χ1) is 8.79. The number of nitriles is 1. The van der Waals surface area contributed by atoms with E-state index in [-0.39, 0.29) is 0 Å². The average molecular weight is 240 g/mol. The third-order valence-corrected chi connectivity index (χ3v) is 2.32. The van der Waals surface area contributed by atoms with Crippen molar-refractivity contribution < 1.29 is 0 Å². The predicted octanol–water partition coefficient (Wildman–Crippen LogP) is 1.40. The maximum atomic E-state index is 8.77. The Hall–Kier alpha value is -2.68. The van der Waals surface area contributed by atoms with Gasteiger partial charge in [-0.1, -0.05) is 6.07 Å². The molecule has 6 nitrogen and oxygen atoms in total. The van der Waals surface area contributed by atoms with Crippen molar-refractivity contribution in [1.29, 1.82) is 5.26 Å². The topological polar surface area (TPSA) is 77.7 Å². The van der Waals surface area contributed by atoms with E-state index in [1.807, 2.05) is 24.4 Å². The molecular formula is C12H12N6. The minimum Gasteiger partial charge on any atom is -0.364 e. The molecule has 2 aromatic heterocycles. The molecule has 0 aromatic carbocycles. The van der Waals surface area contributed by atoms with E-state index in [4.69, 9.17) is 5.26 Å². The number of nitrogens with zero attached hydrogens (tertiary/aromatic N) is 5. The molecule has 2 aromatic rings. The molecule has 0 saturated heterocycles. The Morgan fingerprint density at radius 2 is 2.22 bits per heavy atom. The van der Waals surface area contributed by atoms with Crippen LogP contribution in [-0.2, 0) is 6.54 Å². The molecule has 2 heterocycles. The number of anilines is 2. The largest absolute Gasteiger partial charge is 0.364 e. The van der Waals surface area contributed by atoms with Crippen molar-refractivity contribution in [2.75, 3.05) is 17.3 Å². The lowest BCUT2D eigenvalue weighted by Crippen LogP contribution is -2.11. The summed E-state index contributed by atoms with van der Waals surface area (Å²) in [7, 11) is 1.64. The van der Waals surface area contributed by atoms with Crippen LogP contribution in [0.15, 0.2) is 36.8 Å². The number of hydrogen-bond donors (Lipinski definition) is 1. The first kappa shape index (κ1) is 11.8. The maximum Gasteiger partial charge on any atom is 0.185 e. The third-order valence-electron chi connectivity index (χ3n) is 2.32. The predicted molar refractivity (Wildman–Crippen MR) is 67.6 cm³/mol. The van der Waals surface area contributed by atoms with Crippen LogP contribution in [0, 0.1) is 11.5 Å². The molecule has 0 aliphatic carbocycles. The van der Waals surface area contributed by atoms with Gasteiger partial charge in [0.25, 0.3) is 0 Å². The van der Waals surface area contributed by atoms with Crippen LogP contribution in [0.2, 0.25) is 0 Å². The van der Waals surface area contributed by atoms with Gasteiger partial charge in [-0.05, 0) is 12.1 Å². The fourth-order valence-electron chi connectivity index (χ4n) is 1.36. The lowest BCUT2D eigenvalue weighted by atomic mass is 10.3. The van der Waals surface area contributed by atoms with E-state index in [1.54, 1.807) is 19.3 Å². The van der Waals surface area contributed by atoms with E-state index < -0.39 is 0 Å². The zero-order chi connectivity index (χ0) is 12.8. The van der Waals surface area contributed by atoms with Gasteiger partial charge in [0.05, 0.1) is 12.2 Å². The number of nitrogens with one attached hydrogen (secondary N) is 1. The van der Waals surface area contributed by atoms with Gasteiger partial charge < -0.3 is 5.32 Å². The quantitative estimate of drug-likeness (QED) is 0.643. The van der Waals surface area contributed by atoms with Crippen molar-refractivity contribution in [3.8, 4) is 6.19 Å². The Morgan fingerprint density at radius 1 is 1.33 bits per heavy atom. The molecule has 0 unspecified atom stereocenters. The molecule has 0 saturated carbocycles. The first-order valence-corrected chi connectivity index (χ1v) is 5.39. The second kappa shape index (κ2) is 5.59. The van der Waals surface area contributed by atoms with Crippen molar-refractivity contribution in [3.05, 3.63) is 42.5 Å². The summed E-state index contributed by atoms with van der Waals surface area (Å²) in [5, 5.41) is 11.9. The monoisotopic (exact) mass is 240 g/mol. The van der Waals surface area contributed by atoms with Gasteiger partial charge in [0.1, 0.15) is 18.0 Å². The molecule has 0 radical (unpaired) electrons. The van der Waals surface area contributed by atoms with Crippen LogP contribution in [0.5, 0.6) is 0 Å². The fraction of sp³-hybridized carbons (Fsp3) is 0.167. The molecule has 90 valence electrons. The maximum absolute atomic E-state index is 8.77. The highest BCUT2D eigenvalue weighted by molar-refractivity contribution is 5.50. The smallest absolute Gasteiger partial charge is 0.185 e. The van der Waals surface area contributed by atoms with E-state index in [0.717, 1.165) is 5.69 Å². The van der Waals surface area contributed by atoms with E-state index in [9.17, 15) is 0 Å². The summed E-state index contributed by atoms with van der Waals surface area (Å²) in [6.07, 6.45) is 5.15. The van der Waals surface area contributed by atoms with Crippen molar-refractivity contribution in [1.82, 2.24) is 15.0 Å². The Bertz CT molecular complexity index is 548. The van der Waals surface area contributed by atoms with E-state index in [0.29, 0.717) is 18.2 Å². The lowest BCUT2D eigenvalue weighted by molar-refractivity contribution is 1.01. The second-order valence-corrected chi connectivity index (χ2v) is 3.60. The lowest BCUT2D eigenvalue weighted by Gasteiger charge is -2.09. The molecule has 2 rings (SSSR count). The van der Waals surface area contributed by atoms with Gasteiger partial charge in [0, 0.05) is 19.3 Å². The molecular weight excluding hydrogens is 228 g/mol. The summed E-state index contributed by atoms with van der Waals surface area (Å²) in [6, 6.07) is 7.44. The average Bonchev–Trinajstić information content (AvgIpc) is 2.45. The first-order valence-electron chi connectivity index (χ1n) is 5.39. The standard InChI is InChI=1S/C12H12N6/c1-18(8-13)12-6-11(16-9-17-12)15-7-10-4-2-3-5-14-10/h2-6,9H,7H2,1H3,(H,15,16,17). The zero-order valence-corrected chi connectivity index (χ0v) is 9.91. The van der Waals surface area contributed by atoms with Gasteiger partial charge in [-0.15, -0.1) is 0 Å². The van der Waals surface area contributed by atoms with Crippen LogP contribution in [-0.4, -0.2) is 22.0 Å².